The number of ether oxygens (including phenoxy) is 1. The molecule has 1 amide bonds. The molecule has 0 aliphatic carbocycles. The second-order valence-electron chi connectivity index (χ2n) is 7.88. The maximum absolute atomic E-state index is 12.3. The molecule has 3 rings (SSSR count). The van der Waals surface area contributed by atoms with E-state index in [9.17, 15) is 9.90 Å². The van der Waals surface area contributed by atoms with Crippen LogP contribution in [0.1, 0.15) is 37.8 Å². The van der Waals surface area contributed by atoms with E-state index in [1.165, 1.54) is 0 Å². The highest BCUT2D eigenvalue weighted by molar-refractivity contribution is 14.0. The number of aliphatic imine (C=N–C) groups is 1. The molecular weight excluding hydrogens is 519 g/mol. The molecule has 1 saturated heterocycles. The molecule has 0 bridgehead atoms. The molecule has 1 fully saturated rings. The summed E-state index contributed by atoms with van der Waals surface area (Å²) >= 11 is 0. The Morgan fingerprint density at radius 3 is 2.66 bits per heavy atom. The van der Waals surface area contributed by atoms with Crippen molar-refractivity contribution < 1.29 is 14.6 Å². The number of aliphatic hydroxyl groups is 1. The van der Waals surface area contributed by atoms with Crippen LogP contribution in [-0.2, 0) is 21.7 Å². The van der Waals surface area contributed by atoms with E-state index in [2.05, 4.69) is 20.9 Å². The molecule has 2 aromatic carbocycles. The van der Waals surface area contributed by atoms with Crippen molar-refractivity contribution in [3.05, 3.63) is 65.7 Å². The normalized spacial score (nSPS) is 17.7. The average Bonchev–Trinajstić information content (AvgIpc) is 3.32. The van der Waals surface area contributed by atoms with Gasteiger partial charge in [-0.2, -0.15) is 0 Å². The standard InChI is InChI=1S/C24H32N4O3.HI/c1-3-25-23(27-17-24(2,30)19-10-5-4-6-11-19)26-16-18-9-7-12-20(15-18)28-22(29)21-13-8-14-31-21;/h4-7,9-12,15,21,30H,3,8,13-14,16-17H2,1-2H3,(H,28,29)(H2,25,26,27);1H. The first-order chi connectivity index (χ1) is 15.0. The van der Waals surface area contributed by atoms with Crippen molar-refractivity contribution >= 4 is 41.5 Å². The Bertz CT molecular complexity index is 884. The van der Waals surface area contributed by atoms with E-state index >= 15 is 0 Å². The minimum absolute atomic E-state index is 0. The lowest BCUT2D eigenvalue weighted by molar-refractivity contribution is -0.124. The number of guanidine groups is 1. The summed E-state index contributed by atoms with van der Waals surface area (Å²) in [6, 6.07) is 17.2. The molecule has 32 heavy (non-hydrogen) atoms. The Morgan fingerprint density at radius 1 is 1.19 bits per heavy atom. The van der Waals surface area contributed by atoms with Crippen LogP contribution in [0.15, 0.2) is 59.6 Å². The number of carbonyl (C=O) groups is 1. The van der Waals surface area contributed by atoms with Gasteiger partial charge in [-0.05, 0) is 49.9 Å². The van der Waals surface area contributed by atoms with Crippen LogP contribution >= 0.6 is 24.0 Å². The molecule has 0 radical (unpaired) electrons. The van der Waals surface area contributed by atoms with E-state index in [4.69, 9.17) is 4.74 Å². The largest absolute Gasteiger partial charge is 0.384 e. The number of benzene rings is 2. The van der Waals surface area contributed by atoms with Crippen LogP contribution < -0.4 is 16.0 Å². The molecule has 1 aliphatic heterocycles. The van der Waals surface area contributed by atoms with Gasteiger partial charge < -0.3 is 25.8 Å². The van der Waals surface area contributed by atoms with Crippen molar-refractivity contribution in [2.75, 3.05) is 25.0 Å². The van der Waals surface area contributed by atoms with Crippen LogP contribution in [-0.4, -0.2) is 42.8 Å². The van der Waals surface area contributed by atoms with E-state index in [0.29, 0.717) is 32.2 Å². The molecule has 0 aromatic heterocycles. The predicted octanol–water partition coefficient (Wildman–Crippen LogP) is 3.38. The second-order valence-corrected chi connectivity index (χ2v) is 7.88. The van der Waals surface area contributed by atoms with Gasteiger partial charge in [0.05, 0.1) is 13.1 Å². The fourth-order valence-electron chi connectivity index (χ4n) is 3.42. The second kappa shape index (κ2) is 12.8. The highest BCUT2D eigenvalue weighted by Gasteiger charge is 2.24. The Morgan fingerprint density at radius 2 is 1.97 bits per heavy atom. The summed E-state index contributed by atoms with van der Waals surface area (Å²) in [4.78, 5) is 16.9. The third-order valence-corrected chi connectivity index (χ3v) is 5.18. The molecule has 8 heteroatoms. The SMILES string of the molecule is CCNC(=NCc1cccc(NC(=O)C2CCCO2)c1)NCC(C)(O)c1ccccc1.I. The molecule has 1 heterocycles. The van der Waals surface area contributed by atoms with Gasteiger partial charge in [0.1, 0.15) is 11.7 Å². The third-order valence-electron chi connectivity index (χ3n) is 5.18. The van der Waals surface area contributed by atoms with Crippen LogP contribution in [0, 0.1) is 0 Å². The summed E-state index contributed by atoms with van der Waals surface area (Å²) in [6.07, 6.45) is 1.33. The van der Waals surface area contributed by atoms with E-state index in [0.717, 1.165) is 29.7 Å². The zero-order valence-electron chi connectivity index (χ0n) is 18.6. The zero-order chi connectivity index (χ0) is 22.1. The fraction of sp³-hybridized carbons (Fsp3) is 0.417. The number of carbonyl (C=O) groups excluding carboxylic acids is 1. The van der Waals surface area contributed by atoms with Gasteiger partial charge >= 0.3 is 0 Å². The number of amides is 1. The highest BCUT2D eigenvalue weighted by atomic mass is 127. The summed E-state index contributed by atoms with van der Waals surface area (Å²) in [6.45, 7) is 5.88. The van der Waals surface area contributed by atoms with Gasteiger partial charge in [-0.1, -0.05) is 42.5 Å². The van der Waals surface area contributed by atoms with Crippen LogP contribution in [0.5, 0.6) is 0 Å². The smallest absolute Gasteiger partial charge is 0.253 e. The molecule has 0 spiro atoms. The molecule has 174 valence electrons. The van der Waals surface area contributed by atoms with Gasteiger partial charge in [-0.25, -0.2) is 4.99 Å². The highest BCUT2D eigenvalue weighted by Crippen LogP contribution is 2.19. The molecule has 1 aliphatic rings. The van der Waals surface area contributed by atoms with Crippen molar-refractivity contribution in [3.63, 3.8) is 0 Å². The van der Waals surface area contributed by atoms with E-state index < -0.39 is 5.60 Å². The number of rotatable bonds is 8. The van der Waals surface area contributed by atoms with Crippen molar-refractivity contribution in [3.8, 4) is 0 Å². The average molecular weight is 552 g/mol. The lowest BCUT2D eigenvalue weighted by Crippen LogP contribution is -2.44. The summed E-state index contributed by atoms with van der Waals surface area (Å²) in [7, 11) is 0. The Balaban J connectivity index is 0.00000363. The van der Waals surface area contributed by atoms with Crippen molar-refractivity contribution in [1.82, 2.24) is 10.6 Å². The summed E-state index contributed by atoms with van der Waals surface area (Å²) in [5.74, 6) is 0.517. The third kappa shape index (κ3) is 7.75. The Labute approximate surface area is 207 Å². The molecule has 2 atom stereocenters. The molecule has 2 aromatic rings. The summed E-state index contributed by atoms with van der Waals surface area (Å²) < 4.78 is 5.44. The Hall–Kier alpha value is -2.17. The van der Waals surface area contributed by atoms with Gasteiger partial charge in [-0.15, -0.1) is 24.0 Å². The maximum Gasteiger partial charge on any atom is 0.253 e. The minimum atomic E-state index is -1.02. The quantitative estimate of drug-likeness (QED) is 0.229. The number of anilines is 1. The molecule has 7 nitrogen and oxygen atoms in total. The van der Waals surface area contributed by atoms with Crippen LogP contribution in [0.2, 0.25) is 0 Å². The lowest BCUT2D eigenvalue weighted by atomic mass is 9.96. The topological polar surface area (TPSA) is 95.0 Å². The van der Waals surface area contributed by atoms with Crippen molar-refractivity contribution in [2.24, 2.45) is 4.99 Å². The van der Waals surface area contributed by atoms with E-state index in [1.807, 2.05) is 61.5 Å². The predicted molar refractivity (Wildman–Crippen MR) is 138 cm³/mol. The number of nitrogens with zero attached hydrogens (tertiary/aromatic N) is 1. The first-order valence-electron chi connectivity index (χ1n) is 10.8. The number of halogens is 1. The van der Waals surface area contributed by atoms with Gasteiger partial charge in [-0.3, -0.25) is 4.79 Å². The molecule has 4 N–H and O–H groups in total. The minimum Gasteiger partial charge on any atom is -0.384 e. The van der Waals surface area contributed by atoms with Crippen molar-refractivity contribution in [2.45, 2.75) is 44.9 Å². The maximum atomic E-state index is 12.3. The van der Waals surface area contributed by atoms with Crippen LogP contribution in [0.4, 0.5) is 5.69 Å². The van der Waals surface area contributed by atoms with Crippen molar-refractivity contribution in [1.29, 1.82) is 0 Å². The number of hydrogen-bond acceptors (Lipinski definition) is 4. The summed E-state index contributed by atoms with van der Waals surface area (Å²) in [5.41, 5.74) is 1.52. The first-order valence-corrected chi connectivity index (χ1v) is 10.8. The monoisotopic (exact) mass is 552 g/mol. The van der Waals surface area contributed by atoms with Gasteiger partial charge in [0.2, 0.25) is 0 Å². The van der Waals surface area contributed by atoms with E-state index in [1.54, 1.807) is 6.92 Å². The lowest BCUT2D eigenvalue weighted by Gasteiger charge is -2.25. The fourth-order valence-corrected chi connectivity index (χ4v) is 3.42. The molecule has 2 unspecified atom stereocenters. The Kier molecular flexibility index (Phi) is 10.4. The molecule has 0 saturated carbocycles. The summed E-state index contributed by atoms with van der Waals surface area (Å²) in [5, 5.41) is 20.1. The van der Waals surface area contributed by atoms with Crippen LogP contribution in [0.25, 0.3) is 0 Å². The molecular formula is C24H33IN4O3. The van der Waals surface area contributed by atoms with Gasteiger partial charge in [0, 0.05) is 18.8 Å². The number of hydrogen-bond donors (Lipinski definition) is 4. The van der Waals surface area contributed by atoms with Crippen LogP contribution in [0.3, 0.4) is 0 Å². The van der Waals surface area contributed by atoms with E-state index in [-0.39, 0.29) is 36.0 Å². The zero-order valence-corrected chi connectivity index (χ0v) is 21.0. The van der Waals surface area contributed by atoms with Gasteiger partial charge in [0.25, 0.3) is 5.91 Å². The van der Waals surface area contributed by atoms with Gasteiger partial charge in [0.15, 0.2) is 5.96 Å². The first kappa shape index (κ1) is 26.1. The number of nitrogens with one attached hydrogen (secondary N) is 3.